The van der Waals surface area contributed by atoms with Gasteiger partial charge in [0.05, 0.1) is 7.11 Å². The summed E-state index contributed by atoms with van der Waals surface area (Å²) < 4.78 is 10.8. The van der Waals surface area contributed by atoms with Gasteiger partial charge in [-0.15, -0.1) is 6.42 Å². The van der Waals surface area contributed by atoms with E-state index in [9.17, 15) is 0 Å². The SMILES string of the molecule is C#CCOc1ccc(CN)cc1-c1ccc(OC)cc1. The minimum absolute atomic E-state index is 0.241. The van der Waals surface area contributed by atoms with Gasteiger partial charge in [0.2, 0.25) is 0 Å². The summed E-state index contributed by atoms with van der Waals surface area (Å²) in [6.45, 7) is 0.726. The van der Waals surface area contributed by atoms with Crippen molar-refractivity contribution in [1.82, 2.24) is 0 Å². The Labute approximate surface area is 119 Å². The summed E-state index contributed by atoms with van der Waals surface area (Å²) in [4.78, 5) is 0. The summed E-state index contributed by atoms with van der Waals surface area (Å²) in [6.07, 6.45) is 5.25. The standard InChI is InChI=1S/C17H17NO2/c1-3-10-20-17-9-4-13(12-18)11-16(17)14-5-7-15(19-2)8-6-14/h1,4-9,11H,10,12,18H2,2H3. The van der Waals surface area contributed by atoms with E-state index in [1.807, 2.05) is 42.5 Å². The fourth-order valence-corrected chi connectivity index (χ4v) is 1.95. The Bertz CT molecular complexity index is 612. The van der Waals surface area contributed by atoms with Gasteiger partial charge >= 0.3 is 0 Å². The van der Waals surface area contributed by atoms with Gasteiger partial charge in [-0.3, -0.25) is 0 Å². The van der Waals surface area contributed by atoms with E-state index in [0.717, 1.165) is 28.2 Å². The maximum absolute atomic E-state index is 5.70. The van der Waals surface area contributed by atoms with Crippen molar-refractivity contribution < 1.29 is 9.47 Å². The van der Waals surface area contributed by atoms with Gasteiger partial charge in [0, 0.05) is 12.1 Å². The zero-order valence-corrected chi connectivity index (χ0v) is 11.4. The minimum Gasteiger partial charge on any atom is -0.497 e. The van der Waals surface area contributed by atoms with E-state index in [1.165, 1.54) is 0 Å². The Hall–Kier alpha value is -2.44. The molecule has 3 nitrogen and oxygen atoms in total. The maximum atomic E-state index is 5.70. The highest BCUT2D eigenvalue weighted by atomic mass is 16.5. The van der Waals surface area contributed by atoms with E-state index < -0.39 is 0 Å². The second kappa shape index (κ2) is 6.65. The van der Waals surface area contributed by atoms with Crippen molar-refractivity contribution in [3.63, 3.8) is 0 Å². The summed E-state index contributed by atoms with van der Waals surface area (Å²) in [6, 6.07) is 13.7. The number of hydrogen-bond acceptors (Lipinski definition) is 3. The van der Waals surface area contributed by atoms with E-state index in [1.54, 1.807) is 7.11 Å². The number of nitrogens with two attached hydrogens (primary N) is 1. The quantitative estimate of drug-likeness (QED) is 0.847. The normalized spacial score (nSPS) is 9.85. The van der Waals surface area contributed by atoms with Crippen LogP contribution in [-0.2, 0) is 6.54 Å². The second-order valence-corrected chi connectivity index (χ2v) is 4.26. The topological polar surface area (TPSA) is 44.5 Å². The maximum Gasteiger partial charge on any atom is 0.148 e. The molecule has 0 fully saturated rings. The molecule has 2 aromatic carbocycles. The summed E-state index contributed by atoms with van der Waals surface area (Å²) in [5.41, 5.74) is 8.76. The van der Waals surface area contributed by atoms with Crippen molar-refractivity contribution in [2.24, 2.45) is 5.73 Å². The Kier molecular flexibility index (Phi) is 4.65. The Morgan fingerprint density at radius 3 is 2.50 bits per heavy atom. The van der Waals surface area contributed by atoms with Crippen molar-refractivity contribution in [3.05, 3.63) is 48.0 Å². The largest absolute Gasteiger partial charge is 0.497 e. The summed E-state index contributed by atoms with van der Waals surface area (Å²) in [7, 11) is 1.64. The summed E-state index contributed by atoms with van der Waals surface area (Å²) in [5, 5.41) is 0. The Balaban J connectivity index is 2.42. The van der Waals surface area contributed by atoms with E-state index in [0.29, 0.717) is 6.54 Å². The molecular formula is C17H17NO2. The van der Waals surface area contributed by atoms with Gasteiger partial charge in [-0.2, -0.15) is 0 Å². The molecule has 0 amide bonds. The van der Waals surface area contributed by atoms with Crippen molar-refractivity contribution in [2.45, 2.75) is 6.54 Å². The van der Waals surface area contributed by atoms with Crippen LogP contribution in [0.5, 0.6) is 11.5 Å². The van der Waals surface area contributed by atoms with Crippen molar-refractivity contribution in [1.29, 1.82) is 0 Å². The number of terminal acetylenes is 1. The van der Waals surface area contributed by atoms with Crippen LogP contribution in [0.2, 0.25) is 0 Å². The Morgan fingerprint density at radius 2 is 1.90 bits per heavy atom. The smallest absolute Gasteiger partial charge is 0.148 e. The average Bonchev–Trinajstić information content (AvgIpc) is 2.53. The van der Waals surface area contributed by atoms with Crippen molar-refractivity contribution in [3.8, 4) is 35.0 Å². The number of benzene rings is 2. The molecule has 0 aliphatic rings. The molecule has 0 saturated heterocycles. The highest BCUT2D eigenvalue weighted by Crippen LogP contribution is 2.32. The molecule has 0 aliphatic carbocycles. The predicted octanol–water partition coefficient (Wildman–Crippen LogP) is 2.83. The fourth-order valence-electron chi connectivity index (χ4n) is 1.95. The zero-order valence-electron chi connectivity index (χ0n) is 11.4. The molecule has 0 spiro atoms. The minimum atomic E-state index is 0.241. The summed E-state index contributed by atoms with van der Waals surface area (Å²) >= 11 is 0. The van der Waals surface area contributed by atoms with Crippen LogP contribution >= 0.6 is 0 Å². The van der Waals surface area contributed by atoms with E-state index in [2.05, 4.69) is 5.92 Å². The molecule has 0 unspecified atom stereocenters. The third kappa shape index (κ3) is 3.11. The predicted molar refractivity (Wildman–Crippen MR) is 80.6 cm³/mol. The monoisotopic (exact) mass is 267 g/mol. The van der Waals surface area contributed by atoms with E-state index in [-0.39, 0.29) is 6.61 Å². The third-order valence-corrected chi connectivity index (χ3v) is 2.99. The van der Waals surface area contributed by atoms with Crippen LogP contribution in [0.3, 0.4) is 0 Å². The molecule has 0 heterocycles. The van der Waals surface area contributed by atoms with E-state index >= 15 is 0 Å². The molecule has 0 bridgehead atoms. The molecule has 0 aliphatic heterocycles. The van der Waals surface area contributed by atoms with Crippen LogP contribution < -0.4 is 15.2 Å². The lowest BCUT2D eigenvalue weighted by Crippen LogP contribution is -2.00. The first kappa shape index (κ1) is 14.0. The molecule has 102 valence electrons. The first-order valence-electron chi connectivity index (χ1n) is 6.32. The first-order valence-corrected chi connectivity index (χ1v) is 6.32. The molecule has 0 aromatic heterocycles. The van der Waals surface area contributed by atoms with Crippen molar-refractivity contribution in [2.75, 3.05) is 13.7 Å². The highest BCUT2D eigenvalue weighted by Gasteiger charge is 2.08. The molecule has 0 saturated carbocycles. The van der Waals surface area contributed by atoms with Crippen LogP contribution in [0.1, 0.15) is 5.56 Å². The van der Waals surface area contributed by atoms with Crippen molar-refractivity contribution >= 4 is 0 Å². The lowest BCUT2D eigenvalue weighted by molar-refractivity contribution is 0.372. The van der Waals surface area contributed by atoms with Crippen LogP contribution in [-0.4, -0.2) is 13.7 Å². The number of hydrogen-bond donors (Lipinski definition) is 1. The van der Waals surface area contributed by atoms with Crippen LogP contribution in [0.25, 0.3) is 11.1 Å². The van der Waals surface area contributed by atoms with Gasteiger partial charge in [-0.1, -0.05) is 24.1 Å². The lowest BCUT2D eigenvalue weighted by Gasteiger charge is -2.12. The van der Waals surface area contributed by atoms with Crippen LogP contribution in [0.15, 0.2) is 42.5 Å². The van der Waals surface area contributed by atoms with Crippen LogP contribution in [0, 0.1) is 12.3 Å². The molecule has 3 heteroatoms. The number of methoxy groups -OCH3 is 1. The molecule has 2 aromatic rings. The van der Waals surface area contributed by atoms with E-state index in [4.69, 9.17) is 21.6 Å². The number of ether oxygens (including phenoxy) is 2. The molecule has 2 rings (SSSR count). The molecule has 2 N–H and O–H groups in total. The van der Waals surface area contributed by atoms with Gasteiger partial charge < -0.3 is 15.2 Å². The summed E-state index contributed by atoms with van der Waals surface area (Å²) in [5.74, 6) is 4.04. The zero-order chi connectivity index (χ0) is 14.4. The highest BCUT2D eigenvalue weighted by molar-refractivity contribution is 5.71. The van der Waals surface area contributed by atoms with Gasteiger partial charge in [0.1, 0.15) is 18.1 Å². The van der Waals surface area contributed by atoms with Gasteiger partial charge in [-0.05, 0) is 35.4 Å². The van der Waals surface area contributed by atoms with Gasteiger partial charge in [0.15, 0.2) is 0 Å². The Morgan fingerprint density at radius 1 is 1.15 bits per heavy atom. The molecule has 0 radical (unpaired) electrons. The van der Waals surface area contributed by atoms with Crippen LogP contribution in [0.4, 0.5) is 0 Å². The number of rotatable bonds is 5. The average molecular weight is 267 g/mol. The molecule has 0 atom stereocenters. The van der Waals surface area contributed by atoms with Gasteiger partial charge in [-0.25, -0.2) is 0 Å². The molecule has 20 heavy (non-hydrogen) atoms. The van der Waals surface area contributed by atoms with Gasteiger partial charge in [0.25, 0.3) is 0 Å². The lowest BCUT2D eigenvalue weighted by atomic mass is 10.0. The molecular weight excluding hydrogens is 250 g/mol. The second-order valence-electron chi connectivity index (χ2n) is 4.26. The fraction of sp³-hybridized carbons (Fsp3) is 0.176. The third-order valence-electron chi connectivity index (χ3n) is 2.99. The first-order chi connectivity index (χ1) is 9.78.